The summed E-state index contributed by atoms with van der Waals surface area (Å²) in [5.41, 5.74) is 1.19. The molecule has 5 rings (SSSR count). The SMILES string of the molecule is CC1=C(C(=O)O)C(CCN2CCN(C(c3ccc(F)cc3)c3ccc(F)cc3)CC2)(c2cccc(Cl)c2Cl)C(C(=O)O)=C(C)N1C. The molecule has 46 heavy (non-hydrogen) atoms. The standard InChI is InChI=1S/C35H35Cl2F2N3O4/c1-21-29(33(43)44)35(27-5-4-6-28(36)31(27)37,30(34(45)46)22(2)40(21)3)15-16-41-17-19-42(20-18-41)32(23-7-11-25(38)12-8-23)24-9-13-26(39)14-10-24/h4-14,32H,15-20H2,1-3H3,(H,43,44)(H,45,46). The van der Waals surface area contributed by atoms with Gasteiger partial charge in [-0.2, -0.15) is 0 Å². The van der Waals surface area contributed by atoms with Crippen LogP contribution in [0.1, 0.15) is 43.0 Å². The molecule has 1 fully saturated rings. The fourth-order valence-corrected chi connectivity index (χ4v) is 7.43. The van der Waals surface area contributed by atoms with Crippen LogP contribution < -0.4 is 0 Å². The van der Waals surface area contributed by atoms with E-state index in [9.17, 15) is 28.6 Å². The Kier molecular flexibility index (Phi) is 9.89. The maximum atomic E-state index is 13.8. The number of aliphatic carboxylic acids is 2. The van der Waals surface area contributed by atoms with E-state index in [1.165, 1.54) is 24.3 Å². The van der Waals surface area contributed by atoms with Crippen LogP contribution in [-0.4, -0.2) is 76.6 Å². The number of benzene rings is 3. The molecule has 2 aliphatic heterocycles. The zero-order valence-corrected chi connectivity index (χ0v) is 27.2. The quantitative estimate of drug-likeness (QED) is 0.255. The van der Waals surface area contributed by atoms with Gasteiger partial charge in [0.1, 0.15) is 11.6 Å². The number of allylic oxidation sites excluding steroid dienone is 2. The molecule has 3 aromatic carbocycles. The number of rotatable bonds is 9. The molecule has 2 aliphatic rings. The van der Waals surface area contributed by atoms with Gasteiger partial charge in [0.25, 0.3) is 0 Å². The summed E-state index contributed by atoms with van der Waals surface area (Å²) in [6, 6.07) is 17.2. The van der Waals surface area contributed by atoms with Crippen LogP contribution in [0.25, 0.3) is 0 Å². The van der Waals surface area contributed by atoms with E-state index >= 15 is 0 Å². The van der Waals surface area contributed by atoms with Gasteiger partial charge in [0.05, 0.1) is 32.6 Å². The molecular formula is C35H35Cl2F2N3O4. The van der Waals surface area contributed by atoms with Crippen LogP contribution >= 0.6 is 23.2 Å². The van der Waals surface area contributed by atoms with Crippen molar-refractivity contribution in [2.24, 2.45) is 0 Å². The lowest BCUT2D eigenvalue weighted by atomic mass is 9.63. The number of nitrogens with zero attached hydrogens (tertiary/aromatic N) is 3. The Morgan fingerprint density at radius 2 is 1.28 bits per heavy atom. The number of hydrogen-bond donors (Lipinski definition) is 2. The molecule has 0 unspecified atom stereocenters. The highest BCUT2D eigenvalue weighted by Gasteiger charge is 2.52. The van der Waals surface area contributed by atoms with E-state index in [0.717, 1.165) is 11.1 Å². The molecule has 0 spiro atoms. The van der Waals surface area contributed by atoms with Gasteiger partial charge in [0, 0.05) is 44.6 Å². The molecule has 0 saturated carbocycles. The Morgan fingerprint density at radius 3 is 1.74 bits per heavy atom. The van der Waals surface area contributed by atoms with E-state index in [4.69, 9.17) is 23.2 Å². The fraction of sp³-hybridized carbons (Fsp3) is 0.314. The van der Waals surface area contributed by atoms with Crippen molar-refractivity contribution in [2.75, 3.05) is 39.8 Å². The van der Waals surface area contributed by atoms with E-state index in [2.05, 4.69) is 9.80 Å². The van der Waals surface area contributed by atoms with E-state index in [-0.39, 0.29) is 45.3 Å². The molecule has 0 radical (unpaired) electrons. The second kappa shape index (κ2) is 13.5. The number of carboxylic acids is 2. The molecule has 0 bridgehead atoms. The molecule has 0 aromatic heterocycles. The smallest absolute Gasteiger partial charge is 0.334 e. The van der Waals surface area contributed by atoms with E-state index in [1.807, 2.05) is 0 Å². The van der Waals surface area contributed by atoms with Crippen molar-refractivity contribution in [3.8, 4) is 0 Å². The van der Waals surface area contributed by atoms with Gasteiger partial charge in [-0.1, -0.05) is 59.6 Å². The number of piperazine rings is 1. The molecule has 2 N–H and O–H groups in total. The Hall–Kier alpha value is -3.76. The summed E-state index contributed by atoms with van der Waals surface area (Å²) < 4.78 is 27.6. The first-order chi connectivity index (χ1) is 21.9. The summed E-state index contributed by atoms with van der Waals surface area (Å²) >= 11 is 13.2. The first kappa shape index (κ1) is 33.6. The average molecular weight is 671 g/mol. The van der Waals surface area contributed by atoms with Crippen LogP contribution in [0.4, 0.5) is 8.78 Å². The van der Waals surface area contributed by atoms with Gasteiger partial charge in [0.15, 0.2) is 0 Å². The molecule has 0 amide bonds. The third-order valence-electron chi connectivity index (χ3n) is 9.37. The van der Waals surface area contributed by atoms with Crippen molar-refractivity contribution in [2.45, 2.75) is 31.7 Å². The summed E-state index contributed by atoms with van der Waals surface area (Å²) in [5.74, 6) is -3.16. The summed E-state index contributed by atoms with van der Waals surface area (Å²) in [4.78, 5) is 32.0. The monoisotopic (exact) mass is 669 g/mol. The van der Waals surface area contributed by atoms with Gasteiger partial charge >= 0.3 is 11.9 Å². The normalized spacial score (nSPS) is 17.6. The number of halogens is 4. The van der Waals surface area contributed by atoms with Gasteiger partial charge in [-0.05, 0) is 73.8 Å². The largest absolute Gasteiger partial charge is 0.478 e. The van der Waals surface area contributed by atoms with Crippen LogP contribution in [0.3, 0.4) is 0 Å². The fourth-order valence-electron chi connectivity index (χ4n) is 6.97. The minimum Gasteiger partial charge on any atom is -0.478 e. The Morgan fingerprint density at radius 1 is 0.804 bits per heavy atom. The van der Waals surface area contributed by atoms with Gasteiger partial charge in [-0.15, -0.1) is 0 Å². The topological polar surface area (TPSA) is 84.3 Å². The summed E-state index contributed by atoms with van der Waals surface area (Å²) in [7, 11) is 1.65. The molecular weight excluding hydrogens is 635 g/mol. The Bertz CT molecular complexity index is 1620. The van der Waals surface area contributed by atoms with Crippen molar-refractivity contribution in [1.29, 1.82) is 0 Å². The van der Waals surface area contributed by atoms with Crippen LogP contribution in [-0.2, 0) is 15.0 Å². The maximum Gasteiger partial charge on any atom is 0.334 e. The second-order valence-electron chi connectivity index (χ2n) is 11.7. The van der Waals surface area contributed by atoms with Crippen LogP contribution in [0.2, 0.25) is 10.0 Å². The predicted octanol–water partition coefficient (Wildman–Crippen LogP) is 6.97. The second-order valence-corrected chi connectivity index (χ2v) is 12.5. The summed E-state index contributed by atoms with van der Waals surface area (Å²) in [6.45, 7) is 6.10. The zero-order chi connectivity index (χ0) is 33.3. The highest BCUT2D eigenvalue weighted by Crippen LogP contribution is 2.52. The molecule has 1 saturated heterocycles. The lowest BCUT2D eigenvalue weighted by Gasteiger charge is -2.46. The number of carboxylic acid groups (broad SMARTS) is 2. The molecule has 7 nitrogen and oxygen atoms in total. The molecule has 242 valence electrons. The first-order valence-corrected chi connectivity index (χ1v) is 15.7. The van der Waals surface area contributed by atoms with Crippen molar-refractivity contribution in [1.82, 2.24) is 14.7 Å². The lowest BCUT2D eigenvalue weighted by molar-refractivity contribution is -0.134. The van der Waals surface area contributed by atoms with Crippen molar-refractivity contribution < 1.29 is 28.6 Å². The maximum absolute atomic E-state index is 13.8. The predicted molar refractivity (Wildman–Crippen MR) is 174 cm³/mol. The summed E-state index contributed by atoms with van der Waals surface area (Å²) in [6.07, 6.45) is 0.123. The van der Waals surface area contributed by atoms with Crippen molar-refractivity contribution >= 4 is 35.1 Å². The number of hydrogen-bond acceptors (Lipinski definition) is 5. The minimum atomic E-state index is -1.60. The molecule has 0 atom stereocenters. The first-order valence-electron chi connectivity index (χ1n) is 14.9. The Labute approximate surface area is 276 Å². The van der Waals surface area contributed by atoms with E-state index in [1.54, 1.807) is 68.3 Å². The lowest BCUT2D eigenvalue weighted by Crippen LogP contribution is -2.51. The van der Waals surface area contributed by atoms with E-state index < -0.39 is 17.4 Å². The molecule has 2 heterocycles. The number of carbonyl (C=O) groups is 2. The van der Waals surface area contributed by atoms with Crippen LogP contribution in [0, 0.1) is 11.6 Å². The van der Waals surface area contributed by atoms with Gasteiger partial charge in [-0.3, -0.25) is 4.90 Å². The third kappa shape index (κ3) is 6.17. The van der Waals surface area contributed by atoms with Gasteiger partial charge in [-0.25, -0.2) is 18.4 Å². The van der Waals surface area contributed by atoms with Crippen molar-refractivity contribution in [3.05, 3.63) is 128 Å². The van der Waals surface area contributed by atoms with Crippen LogP contribution in [0.5, 0.6) is 0 Å². The third-order valence-corrected chi connectivity index (χ3v) is 10.2. The van der Waals surface area contributed by atoms with Crippen molar-refractivity contribution in [3.63, 3.8) is 0 Å². The highest BCUT2D eigenvalue weighted by atomic mass is 35.5. The van der Waals surface area contributed by atoms with Gasteiger partial charge < -0.3 is 20.0 Å². The average Bonchev–Trinajstić information content (AvgIpc) is 3.02. The molecule has 3 aromatic rings. The Balaban J connectivity index is 1.48. The zero-order valence-electron chi connectivity index (χ0n) is 25.7. The summed E-state index contributed by atoms with van der Waals surface area (Å²) in [5, 5.41) is 21.5. The molecule has 0 aliphatic carbocycles. The van der Waals surface area contributed by atoms with Gasteiger partial charge in [0.2, 0.25) is 0 Å². The highest BCUT2D eigenvalue weighted by molar-refractivity contribution is 6.42. The van der Waals surface area contributed by atoms with E-state index in [0.29, 0.717) is 49.7 Å². The van der Waals surface area contributed by atoms with Crippen LogP contribution in [0.15, 0.2) is 89.3 Å². The molecule has 11 heteroatoms. The minimum absolute atomic E-state index is 0.0616.